The molecule has 0 saturated heterocycles. The minimum absolute atomic E-state index is 0.0562. The maximum Gasteiger partial charge on any atom is 0.258 e. The summed E-state index contributed by atoms with van der Waals surface area (Å²) < 4.78 is 13.2. The van der Waals surface area contributed by atoms with Gasteiger partial charge in [0.1, 0.15) is 0 Å². The Morgan fingerprint density at radius 3 is 3.00 bits per heavy atom. The van der Waals surface area contributed by atoms with E-state index in [1.54, 1.807) is 18.0 Å². The molecule has 1 aromatic rings. The normalized spacial score (nSPS) is 15.1. The van der Waals surface area contributed by atoms with Crippen LogP contribution in [0.2, 0.25) is 0 Å². The molecular formula is C11H13FN2O. The molecule has 0 radical (unpaired) electrons. The van der Waals surface area contributed by atoms with Crippen molar-refractivity contribution in [2.24, 2.45) is 5.92 Å². The largest absolute Gasteiger partial charge is 0.341 e. The number of carbonyl (C=O) groups excluding carboxylic acids is 1. The van der Waals surface area contributed by atoms with Crippen molar-refractivity contribution in [2.45, 2.75) is 12.8 Å². The smallest absolute Gasteiger partial charge is 0.258 e. The van der Waals surface area contributed by atoms with Gasteiger partial charge in [-0.3, -0.25) is 4.79 Å². The minimum Gasteiger partial charge on any atom is -0.341 e. The highest BCUT2D eigenvalue weighted by Crippen LogP contribution is 2.29. The Bertz CT molecular complexity index is 377. The average Bonchev–Trinajstić information content (AvgIpc) is 3.01. The van der Waals surface area contributed by atoms with Crippen LogP contribution in [0.1, 0.15) is 23.2 Å². The molecule has 0 spiro atoms. The zero-order valence-corrected chi connectivity index (χ0v) is 8.61. The van der Waals surface area contributed by atoms with Crippen LogP contribution in [-0.2, 0) is 0 Å². The third kappa shape index (κ3) is 2.32. The van der Waals surface area contributed by atoms with Gasteiger partial charge in [0.25, 0.3) is 5.91 Å². The molecule has 0 bridgehead atoms. The third-order valence-corrected chi connectivity index (χ3v) is 2.57. The van der Waals surface area contributed by atoms with Crippen molar-refractivity contribution in [1.82, 2.24) is 9.88 Å². The van der Waals surface area contributed by atoms with E-state index in [9.17, 15) is 9.18 Å². The second-order valence-electron chi connectivity index (χ2n) is 3.97. The fourth-order valence-corrected chi connectivity index (χ4v) is 1.52. The highest BCUT2D eigenvalue weighted by atomic mass is 19.1. The molecule has 1 amide bonds. The van der Waals surface area contributed by atoms with Crippen LogP contribution in [-0.4, -0.2) is 29.4 Å². The van der Waals surface area contributed by atoms with Crippen LogP contribution in [0.15, 0.2) is 18.3 Å². The Morgan fingerprint density at radius 1 is 1.67 bits per heavy atom. The highest BCUT2D eigenvalue weighted by Gasteiger charge is 2.26. The summed E-state index contributed by atoms with van der Waals surface area (Å²) in [7, 11) is 1.70. The second-order valence-corrected chi connectivity index (χ2v) is 3.97. The summed E-state index contributed by atoms with van der Waals surface area (Å²) >= 11 is 0. The third-order valence-electron chi connectivity index (χ3n) is 2.57. The Hall–Kier alpha value is -1.45. The molecule has 1 aliphatic carbocycles. The summed E-state index contributed by atoms with van der Waals surface area (Å²) in [5.74, 6) is -0.365. The molecule has 1 aromatic heterocycles. The average molecular weight is 208 g/mol. The maximum absolute atomic E-state index is 13.2. The van der Waals surface area contributed by atoms with Crippen LogP contribution in [0.5, 0.6) is 0 Å². The predicted molar refractivity (Wildman–Crippen MR) is 53.9 cm³/mol. The Morgan fingerprint density at radius 2 is 2.40 bits per heavy atom. The lowest BCUT2D eigenvalue weighted by Gasteiger charge is -2.16. The minimum atomic E-state index is -0.690. The van der Waals surface area contributed by atoms with E-state index in [1.165, 1.54) is 25.1 Å². The lowest BCUT2D eigenvalue weighted by molar-refractivity contribution is 0.0783. The molecule has 80 valence electrons. The number of rotatable bonds is 3. The van der Waals surface area contributed by atoms with Gasteiger partial charge in [-0.2, -0.15) is 4.39 Å². The standard InChI is InChI=1S/C11H13FN2O/c1-14(7-8-4-5-8)11(15)9-3-2-6-13-10(9)12/h2-3,6,8H,4-5,7H2,1H3. The van der Waals surface area contributed by atoms with Gasteiger partial charge in [0.2, 0.25) is 5.95 Å². The SMILES string of the molecule is CN(CC1CC1)C(=O)c1cccnc1F. The number of hydrogen-bond acceptors (Lipinski definition) is 2. The van der Waals surface area contributed by atoms with Crippen LogP contribution in [0.3, 0.4) is 0 Å². The van der Waals surface area contributed by atoms with E-state index in [4.69, 9.17) is 0 Å². The molecular weight excluding hydrogens is 195 g/mol. The lowest BCUT2D eigenvalue weighted by atomic mass is 10.2. The van der Waals surface area contributed by atoms with Crippen molar-refractivity contribution in [3.63, 3.8) is 0 Å². The lowest BCUT2D eigenvalue weighted by Crippen LogP contribution is -2.29. The van der Waals surface area contributed by atoms with Gasteiger partial charge in [-0.25, -0.2) is 4.98 Å². The fraction of sp³-hybridized carbons (Fsp3) is 0.455. The molecule has 0 unspecified atom stereocenters. The summed E-state index contributed by atoms with van der Waals surface area (Å²) in [6.07, 6.45) is 3.69. The number of nitrogens with zero attached hydrogens (tertiary/aromatic N) is 2. The van der Waals surface area contributed by atoms with Gasteiger partial charge >= 0.3 is 0 Å². The van der Waals surface area contributed by atoms with Crippen molar-refractivity contribution < 1.29 is 9.18 Å². The van der Waals surface area contributed by atoms with Crippen molar-refractivity contribution in [3.05, 3.63) is 29.8 Å². The van der Waals surface area contributed by atoms with Crippen LogP contribution in [0, 0.1) is 11.9 Å². The van der Waals surface area contributed by atoms with Crippen molar-refractivity contribution in [3.8, 4) is 0 Å². The van der Waals surface area contributed by atoms with Gasteiger partial charge in [-0.1, -0.05) is 0 Å². The first-order chi connectivity index (χ1) is 7.18. The van der Waals surface area contributed by atoms with E-state index in [2.05, 4.69) is 4.98 Å². The summed E-state index contributed by atoms with van der Waals surface area (Å²) in [6, 6.07) is 3.04. The van der Waals surface area contributed by atoms with Crippen molar-refractivity contribution >= 4 is 5.91 Å². The quantitative estimate of drug-likeness (QED) is 0.708. The number of pyridine rings is 1. The number of aromatic nitrogens is 1. The first-order valence-electron chi connectivity index (χ1n) is 5.04. The maximum atomic E-state index is 13.2. The number of halogens is 1. The fourth-order valence-electron chi connectivity index (χ4n) is 1.52. The molecule has 3 nitrogen and oxygen atoms in total. The van der Waals surface area contributed by atoms with Crippen LogP contribution >= 0.6 is 0 Å². The van der Waals surface area contributed by atoms with Crippen LogP contribution in [0.25, 0.3) is 0 Å². The number of hydrogen-bond donors (Lipinski definition) is 0. The first-order valence-corrected chi connectivity index (χ1v) is 5.04. The van der Waals surface area contributed by atoms with Crippen molar-refractivity contribution in [2.75, 3.05) is 13.6 Å². The number of carbonyl (C=O) groups is 1. The number of amides is 1. The van der Waals surface area contributed by atoms with Gasteiger partial charge in [0, 0.05) is 19.8 Å². The summed E-state index contributed by atoms with van der Waals surface area (Å²) in [4.78, 5) is 16.8. The molecule has 0 atom stereocenters. The van der Waals surface area contributed by atoms with E-state index in [0.717, 1.165) is 0 Å². The van der Waals surface area contributed by atoms with Crippen LogP contribution in [0.4, 0.5) is 4.39 Å². The van der Waals surface area contributed by atoms with Crippen LogP contribution < -0.4 is 0 Å². The van der Waals surface area contributed by atoms with Gasteiger partial charge in [-0.15, -0.1) is 0 Å². The van der Waals surface area contributed by atoms with E-state index in [0.29, 0.717) is 12.5 Å². The zero-order valence-electron chi connectivity index (χ0n) is 8.61. The van der Waals surface area contributed by atoms with E-state index < -0.39 is 5.95 Å². The molecule has 1 fully saturated rings. The van der Waals surface area contributed by atoms with Gasteiger partial charge in [0.05, 0.1) is 5.56 Å². The molecule has 2 rings (SSSR count). The molecule has 1 heterocycles. The molecule has 0 aliphatic heterocycles. The summed E-state index contributed by atoms with van der Waals surface area (Å²) in [6.45, 7) is 0.715. The molecule has 4 heteroatoms. The summed E-state index contributed by atoms with van der Waals surface area (Å²) in [5.41, 5.74) is 0.0562. The Kier molecular flexibility index (Phi) is 2.66. The van der Waals surface area contributed by atoms with Crippen molar-refractivity contribution in [1.29, 1.82) is 0 Å². The van der Waals surface area contributed by atoms with E-state index in [-0.39, 0.29) is 11.5 Å². The second kappa shape index (κ2) is 3.96. The predicted octanol–water partition coefficient (Wildman–Crippen LogP) is 1.70. The van der Waals surface area contributed by atoms with E-state index in [1.807, 2.05) is 0 Å². The topological polar surface area (TPSA) is 33.2 Å². The first kappa shape index (κ1) is 10.1. The molecule has 1 saturated carbocycles. The highest BCUT2D eigenvalue weighted by molar-refractivity contribution is 5.93. The Balaban J connectivity index is 2.08. The van der Waals surface area contributed by atoms with E-state index >= 15 is 0 Å². The molecule has 15 heavy (non-hydrogen) atoms. The Labute approximate surface area is 87.9 Å². The molecule has 1 aliphatic rings. The van der Waals surface area contributed by atoms with Gasteiger partial charge in [0.15, 0.2) is 0 Å². The molecule has 0 aromatic carbocycles. The molecule has 0 N–H and O–H groups in total. The van der Waals surface area contributed by atoms with Gasteiger partial charge in [-0.05, 0) is 30.9 Å². The van der Waals surface area contributed by atoms with Gasteiger partial charge < -0.3 is 4.90 Å². The monoisotopic (exact) mass is 208 g/mol. The zero-order chi connectivity index (χ0) is 10.8. The summed E-state index contributed by atoms with van der Waals surface area (Å²) in [5, 5.41) is 0.